The minimum atomic E-state index is -0.834. The Balaban J connectivity index is 1.95. The standard InChI is InChI=1S/C17H23NO3/c1-17(2,16(20)21)10-11-18-15(19)14-9-5-7-12-6-3-4-8-13(12)14/h3-4,6,8,14H,5,7,9-11H2,1-2H3,(H,18,19)(H,20,21). The quantitative estimate of drug-likeness (QED) is 0.876. The molecule has 1 aliphatic carbocycles. The molecule has 0 spiro atoms. The predicted octanol–water partition coefficient (Wildman–Crippen LogP) is 2.72. The van der Waals surface area contributed by atoms with Gasteiger partial charge in [-0.15, -0.1) is 0 Å². The zero-order valence-electron chi connectivity index (χ0n) is 12.7. The molecule has 0 saturated carbocycles. The molecule has 0 aromatic heterocycles. The molecule has 2 rings (SSSR count). The minimum absolute atomic E-state index is 0.0170. The van der Waals surface area contributed by atoms with Gasteiger partial charge in [0.25, 0.3) is 0 Å². The van der Waals surface area contributed by atoms with Gasteiger partial charge in [0.15, 0.2) is 0 Å². The predicted molar refractivity (Wildman–Crippen MR) is 81.2 cm³/mol. The van der Waals surface area contributed by atoms with Crippen molar-refractivity contribution in [2.45, 2.75) is 45.4 Å². The van der Waals surface area contributed by atoms with Crippen molar-refractivity contribution in [2.75, 3.05) is 6.54 Å². The molecule has 2 N–H and O–H groups in total. The normalized spacial score (nSPS) is 17.9. The van der Waals surface area contributed by atoms with Gasteiger partial charge in [-0.2, -0.15) is 0 Å². The van der Waals surface area contributed by atoms with E-state index in [1.54, 1.807) is 13.8 Å². The summed E-state index contributed by atoms with van der Waals surface area (Å²) in [5, 5.41) is 12.0. The average Bonchev–Trinajstić information content (AvgIpc) is 2.46. The van der Waals surface area contributed by atoms with Crippen molar-refractivity contribution in [1.29, 1.82) is 0 Å². The van der Waals surface area contributed by atoms with Crippen LogP contribution in [0.4, 0.5) is 0 Å². The van der Waals surface area contributed by atoms with E-state index in [0.29, 0.717) is 13.0 Å². The number of hydrogen-bond donors (Lipinski definition) is 2. The summed E-state index contributed by atoms with van der Waals surface area (Å²) in [6, 6.07) is 8.09. The van der Waals surface area contributed by atoms with Crippen molar-refractivity contribution in [2.24, 2.45) is 5.41 Å². The molecule has 1 aromatic rings. The lowest BCUT2D eigenvalue weighted by Gasteiger charge is -2.25. The Bertz CT molecular complexity index is 537. The zero-order chi connectivity index (χ0) is 15.5. The molecule has 0 heterocycles. The molecule has 0 radical (unpaired) electrons. The second-order valence-electron chi connectivity index (χ2n) is 6.37. The first-order valence-electron chi connectivity index (χ1n) is 7.51. The van der Waals surface area contributed by atoms with Crippen LogP contribution in [-0.4, -0.2) is 23.5 Å². The maximum absolute atomic E-state index is 12.4. The Morgan fingerprint density at radius 1 is 1.33 bits per heavy atom. The molecule has 1 unspecified atom stereocenters. The van der Waals surface area contributed by atoms with E-state index < -0.39 is 11.4 Å². The maximum Gasteiger partial charge on any atom is 0.309 e. The van der Waals surface area contributed by atoms with E-state index in [-0.39, 0.29) is 11.8 Å². The van der Waals surface area contributed by atoms with Crippen LogP contribution in [0.5, 0.6) is 0 Å². The molecule has 0 fully saturated rings. The van der Waals surface area contributed by atoms with E-state index in [0.717, 1.165) is 24.8 Å². The summed E-state index contributed by atoms with van der Waals surface area (Å²) in [7, 11) is 0. The second-order valence-corrected chi connectivity index (χ2v) is 6.37. The van der Waals surface area contributed by atoms with Crippen molar-refractivity contribution in [1.82, 2.24) is 5.32 Å². The Morgan fingerprint density at radius 2 is 2.05 bits per heavy atom. The first-order valence-corrected chi connectivity index (χ1v) is 7.51. The number of fused-ring (bicyclic) bond motifs is 1. The van der Waals surface area contributed by atoms with E-state index in [1.165, 1.54) is 5.56 Å². The van der Waals surface area contributed by atoms with Crippen molar-refractivity contribution in [3.8, 4) is 0 Å². The van der Waals surface area contributed by atoms with E-state index >= 15 is 0 Å². The lowest BCUT2D eigenvalue weighted by Crippen LogP contribution is -2.35. The molecule has 114 valence electrons. The van der Waals surface area contributed by atoms with Crippen LogP contribution in [0.15, 0.2) is 24.3 Å². The maximum atomic E-state index is 12.4. The number of carbonyl (C=O) groups excluding carboxylic acids is 1. The van der Waals surface area contributed by atoms with Crippen molar-refractivity contribution >= 4 is 11.9 Å². The number of carboxylic acid groups (broad SMARTS) is 1. The first kappa shape index (κ1) is 15.5. The highest BCUT2D eigenvalue weighted by atomic mass is 16.4. The summed E-state index contributed by atoms with van der Waals surface area (Å²) >= 11 is 0. The number of aryl methyl sites for hydroxylation is 1. The fourth-order valence-corrected chi connectivity index (χ4v) is 2.75. The molecule has 21 heavy (non-hydrogen) atoms. The van der Waals surface area contributed by atoms with Gasteiger partial charge in [0.05, 0.1) is 11.3 Å². The van der Waals surface area contributed by atoms with Gasteiger partial charge >= 0.3 is 5.97 Å². The molecule has 1 atom stereocenters. The SMILES string of the molecule is CC(C)(CCNC(=O)C1CCCc2ccccc21)C(=O)O. The minimum Gasteiger partial charge on any atom is -0.481 e. The van der Waals surface area contributed by atoms with E-state index in [9.17, 15) is 9.59 Å². The van der Waals surface area contributed by atoms with Crippen LogP contribution in [0, 0.1) is 5.41 Å². The summed E-state index contributed by atoms with van der Waals surface area (Å²) in [6.07, 6.45) is 3.36. The Hall–Kier alpha value is -1.84. The van der Waals surface area contributed by atoms with Crippen molar-refractivity contribution < 1.29 is 14.7 Å². The van der Waals surface area contributed by atoms with Gasteiger partial charge < -0.3 is 10.4 Å². The number of rotatable bonds is 5. The molecule has 4 heteroatoms. The molecule has 1 aromatic carbocycles. The number of carbonyl (C=O) groups is 2. The number of nitrogens with one attached hydrogen (secondary N) is 1. The van der Waals surface area contributed by atoms with E-state index in [1.807, 2.05) is 18.2 Å². The average molecular weight is 289 g/mol. The smallest absolute Gasteiger partial charge is 0.309 e. The number of amides is 1. The van der Waals surface area contributed by atoms with Crippen LogP contribution in [0.2, 0.25) is 0 Å². The van der Waals surface area contributed by atoms with Gasteiger partial charge in [-0.05, 0) is 50.7 Å². The Morgan fingerprint density at radius 3 is 2.76 bits per heavy atom. The molecule has 0 saturated heterocycles. The van der Waals surface area contributed by atoms with Gasteiger partial charge in [-0.3, -0.25) is 9.59 Å². The number of benzene rings is 1. The van der Waals surface area contributed by atoms with Crippen LogP contribution in [-0.2, 0) is 16.0 Å². The van der Waals surface area contributed by atoms with Crippen LogP contribution >= 0.6 is 0 Å². The molecular formula is C17H23NO3. The zero-order valence-corrected chi connectivity index (χ0v) is 12.7. The third-order valence-corrected chi connectivity index (χ3v) is 4.31. The highest BCUT2D eigenvalue weighted by Crippen LogP contribution is 2.31. The fraction of sp³-hybridized carbons (Fsp3) is 0.529. The van der Waals surface area contributed by atoms with Gasteiger partial charge in [-0.1, -0.05) is 24.3 Å². The molecular weight excluding hydrogens is 266 g/mol. The second kappa shape index (κ2) is 6.29. The van der Waals surface area contributed by atoms with Gasteiger partial charge in [0.2, 0.25) is 5.91 Å². The summed E-state index contributed by atoms with van der Waals surface area (Å²) in [5.41, 5.74) is 1.58. The first-order chi connectivity index (χ1) is 9.92. The highest BCUT2D eigenvalue weighted by molar-refractivity contribution is 5.84. The largest absolute Gasteiger partial charge is 0.481 e. The molecule has 1 aliphatic rings. The highest BCUT2D eigenvalue weighted by Gasteiger charge is 2.29. The number of carboxylic acids is 1. The number of aliphatic carboxylic acids is 1. The molecule has 4 nitrogen and oxygen atoms in total. The van der Waals surface area contributed by atoms with Crippen LogP contribution in [0.25, 0.3) is 0 Å². The van der Waals surface area contributed by atoms with Crippen LogP contribution < -0.4 is 5.32 Å². The van der Waals surface area contributed by atoms with E-state index in [4.69, 9.17) is 5.11 Å². The van der Waals surface area contributed by atoms with Crippen molar-refractivity contribution in [3.05, 3.63) is 35.4 Å². The molecule has 1 amide bonds. The number of hydrogen-bond acceptors (Lipinski definition) is 2. The lowest BCUT2D eigenvalue weighted by molar-refractivity contribution is -0.147. The molecule has 0 aliphatic heterocycles. The van der Waals surface area contributed by atoms with Gasteiger partial charge in [-0.25, -0.2) is 0 Å². The summed E-state index contributed by atoms with van der Waals surface area (Å²) < 4.78 is 0. The Kier molecular flexibility index (Phi) is 4.66. The van der Waals surface area contributed by atoms with Gasteiger partial charge in [0, 0.05) is 6.54 Å². The third kappa shape index (κ3) is 3.63. The molecule has 0 bridgehead atoms. The monoisotopic (exact) mass is 289 g/mol. The Labute approximate surface area is 125 Å². The summed E-state index contributed by atoms with van der Waals surface area (Å²) in [5.74, 6) is -0.911. The van der Waals surface area contributed by atoms with Crippen LogP contribution in [0.1, 0.15) is 50.2 Å². The summed E-state index contributed by atoms with van der Waals surface area (Å²) in [6.45, 7) is 3.76. The summed E-state index contributed by atoms with van der Waals surface area (Å²) in [4.78, 5) is 23.4. The third-order valence-electron chi connectivity index (χ3n) is 4.31. The van der Waals surface area contributed by atoms with Crippen LogP contribution in [0.3, 0.4) is 0 Å². The van der Waals surface area contributed by atoms with Gasteiger partial charge in [0.1, 0.15) is 0 Å². The lowest BCUT2D eigenvalue weighted by atomic mass is 9.82. The fourth-order valence-electron chi connectivity index (χ4n) is 2.75. The topological polar surface area (TPSA) is 66.4 Å². The van der Waals surface area contributed by atoms with E-state index in [2.05, 4.69) is 11.4 Å². The van der Waals surface area contributed by atoms with Crippen molar-refractivity contribution in [3.63, 3.8) is 0 Å².